The van der Waals surface area contributed by atoms with Crippen LogP contribution in [0.4, 0.5) is 11.4 Å². The van der Waals surface area contributed by atoms with Gasteiger partial charge in [-0.2, -0.15) is 5.26 Å². The van der Waals surface area contributed by atoms with Crippen LogP contribution in [0.3, 0.4) is 0 Å². The van der Waals surface area contributed by atoms with Crippen LogP contribution >= 0.6 is 22.9 Å². The first kappa shape index (κ1) is 28.7. The quantitative estimate of drug-likeness (QED) is 0.120. The Morgan fingerprint density at radius 2 is 1.92 bits per heavy atom. The number of benzene rings is 2. The molecule has 0 aliphatic carbocycles. The Labute approximate surface area is 239 Å². The minimum Gasteiger partial charge on any atom is -0.494 e. The van der Waals surface area contributed by atoms with Crippen LogP contribution in [0, 0.1) is 11.5 Å². The van der Waals surface area contributed by atoms with Crippen LogP contribution in [0.2, 0.25) is 22.5 Å². The topological polar surface area (TPSA) is 90.5 Å². The van der Waals surface area contributed by atoms with Crippen LogP contribution in [0.15, 0.2) is 60.8 Å². The van der Waals surface area contributed by atoms with E-state index in [1.807, 2.05) is 36.5 Å². The molecule has 0 aliphatic rings. The molecule has 0 atom stereocenters. The van der Waals surface area contributed by atoms with E-state index >= 15 is 0 Å². The van der Waals surface area contributed by atoms with Crippen molar-refractivity contribution in [1.82, 2.24) is 4.57 Å². The van der Waals surface area contributed by atoms with Gasteiger partial charge in [-0.15, -0.1) is 11.3 Å². The van der Waals surface area contributed by atoms with Crippen LogP contribution in [0.5, 0.6) is 5.88 Å². The highest BCUT2D eigenvalue weighted by Gasteiger charge is 2.37. The molecule has 39 heavy (non-hydrogen) atoms. The van der Waals surface area contributed by atoms with E-state index in [1.165, 1.54) is 11.3 Å². The van der Waals surface area contributed by atoms with E-state index in [-0.39, 0.29) is 16.8 Å². The highest BCUT2D eigenvalue weighted by molar-refractivity contribution is 7.18. The van der Waals surface area contributed by atoms with Crippen LogP contribution in [0.25, 0.3) is 10.8 Å². The summed E-state index contributed by atoms with van der Waals surface area (Å²) < 4.78 is 8.54. The van der Waals surface area contributed by atoms with Crippen molar-refractivity contribution in [2.24, 2.45) is 0 Å². The van der Waals surface area contributed by atoms with Gasteiger partial charge in [0.1, 0.15) is 0 Å². The van der Waals surface area contributed by atoms with E-state index in [9.17, 15) is 15.2 Å². The molecular weight excluding hydrogens is 548 g/mol. The average molecular weight is 581 g/mol. The van der Waals surface area contributed by atoms with Crippen molar-refractivity contribution in [3.8, 4) is 12.1 Å². The Morgan fingerprint density at radius 1 is 1.18 bits per heavy atom. The summed E-state index contributed by atoms with van der Waals surface area (Å²) in [4.78, 5) is 14.8. The molecule has 2 aromatic carbocycles. The summed E-state index contributed by atoms with van der Waals surface area (Å²) in [6, 6.07) is 16.5. The molecule has 10 heteroatoms. The molecule has 4 aromatic rings. The van der Waals surface area contributed by atoms with E-state index in [2.05, 4.69) is 45.4 Å². The number of hydrogen-bond donors (Lipinski definition) is 2. The molecule has 0 saturated heterocycles. The van der Waals surface area contributed by atoms with Gasteiger partial charge in [-0.25, -0.2) is 0 Å². The molecule has 0 aliphatic heterocycles. The van der Waals surface area contributed by atoms with Crippen molar-refractivity contribution < 1.29 is 14.3 Å². The normalized spacial score (nSPS) is 11.9. The monoisotopic (exact) mass is 580 g/mol. The first-order valence-corrected chi connectivity index (χ1v) is 16.8. The van der Waals surface area contributed by atoms with Gasteiger partial charge >= 0.3 is 0 Å². The molecule has 0 spiro atoms. The maximum atomic E-state index is 12.7. The highest BCUT2D eigenvalue weighted by Crippen LogP contribution is 2.37. The van der Waals surface area contributed by atoms with Crippen molar-refractivity contribution in [2.45, 2.75) is 45.4 Å². The van der Waals surface area contributed by atoms with Gasteiger partial charge in [-0.3, -0.25) is 9.69 Å². The van der Waals surface area contributed by atoms with Crippen molar-refractivity contribution in [3.05, 3.63) is 75.6 Å². The van der Waals surface area contributed by atoms with Gasteiger partial charge in [0.25, 0.3) is 5.91 Å². The van der Waals surface area contributed by atoms with Gasteiger partial charge in [-0.1, -0.05) is 50.6 Å². The second kappa shape index (κ2) is 11.4. The molecule has 204 valence electrons. The summed E-state index contributed by atoms with van der Waals surface area (Å²) in [5, 5.41) is 25.2. The number of carbonyl (C=O) groups excluding carboxylic acids is 1. The first-order chi connectivity index (χ1) is 18.4. The smallest absolute Gasteiger partial charge is 0.265 e. The molecule has 2 heterocycles. The van der Waals surface area contributed by atoms with E-state index in [1.54, 1.807) is 33.7 Å². The number of amides is 1. The maximum Gasteiger partial charge on any atom is 0.265 e. The summed E-state index contributed by atoms with van der Waals surface area (Å²) >= 11 is 7.19. The van der Waals surface area contributed by atoms with Crippen molar-refractivity contribution >= 4 is 59.3 Å². The first-order valence-electron chi connectivity index (χ1n) is 12.7. The molecule has 0 fully saturated rings. The van der Waals surface area contributed by atoms with Gasteiger partial charge in [0.15, 0.2) is 20.4 Å². The number of carbonyl (C=O) groups is 1. The molecule has 2 N–H and O–H groups in total. The minimum atomic E-state index is -1.90. The lowest BCUT2D eigenvalue weighted by atomic mass is 10.2. The van der Waals surface area contributed by atoms with E-state index in [0.717, 1.165) is 16.6 Å². The lowest BCUT2D eigenvalue weighted by Gasteiger charge is -2.36. The van der Waals surface area contributed by atoms with Crippen LogP contribution in [-0.4, -0.2) is 37.0 Å². The Balaban J connectivity index is 1.51. The maximum absolute atomic E-state index is 12.7. The summed E-state index contributed by atoms with van der Waals surface area (Å²) in [6.07, 6.45) is 4.10. The van der Waals surface area contributed by atoms with Gasteiger partial charge in [0.2, 0.25) is 0 Å². The fourth-order valence-electron chi connectivity index (χ4n) is 3.99. The SMILES string of the molecule is CC(C)(C)[Si](C)(C)OCCN(C#N)c1cccc(Cn2cc3c(NC(=O)c4ccc(Cl)s4)cccc3c2O)c1. The number of fused-ring (bicyclic) bond motifs is 1. The third-order valence-corrected chi connectivity index (χ3v) is 13.0. The number of aromatic hydroxyl groups is 1. The van der Waals surface area contributed by atoms with E-state index in [4.69, 9.17) is 16.0 Å². The predicted octanol–water partition coefficient (Wildman–Crippen LogP) is 7.67. The number of nitrogens with zero attached hydrogens (tertiary/aromatic N) is 3. The Morgan fingerprint density at radius 3 is 2.59 bits per heavy atom. The number of halogens is 1. The highest BCUT2D eigenvalue weighted by atomic mass is 35.5. The number of hydrogen-bond acceptors (Lipinski definition) is 6. The van der Waals surface area contributed by atoms with Gasteiger partial charge < -0.3 is 19.4 Å². The fraction of sp³-hybridized carbons (Fsp3) is 0.310. The Kier molecular flexibility index (Phi) is 8.42. The van der Waals surface area contributed by atoms with Crippen molar-refractivity contribution in [1.29, 1.82) is 5.26 Å². The summed E-state index contributed by atoms with van der Waals surface area (Å²) in [5.41, 5.74) is 2.29. The minimum absolute atomic E-state index is 0.102. The summed E-state index contributed by atoms with van der Waals surface area (Å²) in [6.45, 7) is 12.3. The Bertz CT molecular complexity index is 1530. The van der Waals surface area contributed by atoms with Crippen LogP contribution in [-0.2, 0) is 11.0 Å². The third kappa shape index (κ3) is 6.48. The second-order valence-electron chi connectivity index (χ2n) is 10.9. The van der Waals surface area contributed by atoms with Gasteiger partial charge in [0, 0.05) is 17.0 Å². The van der Waals surface area contributed by atoms with Crippen LogP contribution in [0.1, 0.15) is 36.0 Å². The number of rotatable bonds is 9. The summed E-state index contributed by atoms with van der Waals surface area (Å²) in [7, 11) is -1.90. The number of anilines is 2. The number of aromatic nitrogens is 1. The predicted molar refractivity (Wildman–Crippen MR) is 163 cm³/mol. The van der Waals surface area contributed by atoms with E-state index < -0.39 is 8.32 Å². The number of nitrogens with one attached hydrogen (secondary N) is 1. The largest absolute Gasteiger partial charge is 0.494 e. The summed E-state index contributed by atoms with van der Waals surface area (Å²) in [5.74, 6) is -0.154. The molecule has 0 radical (unpaired) electrons. The third-order valence-electron chi connectivity index (χ3n) is 7.23. The van der Waals surface area contributed by atoms with Gasteiger partial charge in [0.05, 0.1) is 40.3 Å². The van der Waals surface area contributed by atoms with E-state index in [0.29, 0.717) is 40.0 Å². The zero-order chi connectivity index (χ0) is 28.4. The molecule has 1 amide bonds. The average Bonchev–Trinajstić information content (AvgIpc) is 3.45. The second-order valence-corrected chi connectivity index (χ2v) is 17.5. The molecule has 0 unspecified atom stereocenters. The fourth-order valence-corrected chi connectivity index (χ4v) is 5.96. The standard InChI is InChI=1S/C29H33ClN4O3SSi/c1-29(2,3)39(4,5)37-15-14-33(19-31)21-9-6-8-20(16-21)17-34-18-23-22(28(34)36)10-7-11-24(23)32-27(35)25-12-13-26(30)38-25/h6-13,16,18,36H,14-15,17H2,1-5H3,(H,32,35). The zero-order valence-electron chi connectivity index (χ0n) is 22.8. The molecule has 0 bridgehead atoms. The van der Waals surface area contributed by atoms with Gasteiger partial charge in [-0.05, 0) is 60.1 Å². The molecule has 0 saturated carbocycles. The zero-order valence-corrected chi connectivity index (χ0v) is 25.4. The molecule has 7 nitrogen and oxygen atoms in total. The molecule has 2 aromatic heterocycles. The lowest BCUT2D eigenvalue weighted by Crippen LogP contribution is -2.42. The Hall–Kier alpha value is -3.29. The molecular formula is C29H33ClN4O3SSi. The number of thiophene rings is 1. The number of nitriles is 1. The lowest BCUT2D eigenvalue weighted by molar-refractivity contribution is 0.103. The van der Waals surface area contributed by atoms with Crippen LogP contribution < -0.4 is 10.2 Å². The van der Waals surface area contributed by atoms with Crippen molar-refractivity contribution in [3.63, 3.8) is 0 Å². The van der Waals surface area contributed by atoms with Crippen molar-refractivity contribution in [2.75, 3.05) is 23.4 Å². The molecule has 4 rings (SSSR count).